The first kappa shape index (κ1) is 15.6. The van der Waals surface area contributed by atoms with Crippen LogP contribution in [0.4, 0.5) is 0 Å². The molecule has 0 spiro atoms. The maximum atomic E-state index is 4.62. The molecule has 0 aromatic carbocycles. The highest BCUT2D eigenvalue weighted by molar-refractivity contribution is 7.99. The lowest BCUT2D eigenvalue weighted by Crippen LogP contribution is -2.26. The minimum Gasteiger partial charge on any atom is -0.310 e. The van der Waals surface area contributed by atoms with E-state index in [-0.39, 0.29) is 0 Å². The summed E-state index contributed by atoms with van der Waals surface area (Å²) in [5.74, 6) is 1.23. The third kappa shape index (κ3) is 3.70. The Morgan fingerprint density at radius 2 is 2.14 bits per heavy atom. The molecule has 0 aliphatic heterocycles. The molecule has 1 aliphatic rings. The average molecular weight is 316 g/mol. The number of rotatable bonds is 6. The van der Waals surface area contributed by atoms with Crippen LogP contribution in [0, 0.1) is 0 Å². The Hall–Kier alpha value is -1.33. The van der Waals surface area contributed by atoms with Gasteiger partial charge in [-0.05, 0) is 37.1 Å². The summed E-state index contributed by atoms with van der Waals surface area (Å²) in [6.07, 6.45) is 9.71. The van der Waals surface area contributed by atoms with Crippen LogP contribution in [-0.4, -0.2) is 31.8 Å². The Labute approximate surface area is 136 Å². The summed E-state index contributed by atoms with van der Waals surface area (Å²) < 4.78 is 1.90. The number of aromatic nitrogens is 3. The van der Waals surface area contributed by atoms with Crippen LogP contribution in [0.1, 0.15) is 31.7 Å². The van der Waals surface area contributed by atoms with Crippen molar-refractivity contribution in [1.29, 1.82) is 0 Å². The van der Waals surface area contributed by atoms with Gasteiger partial charge < -0.3 is 5.32 Å². The molecule has 0 unspecified atom stereocenters. The third-order valence-corrected chi connectivity index (χ3v) is 5.46. The zero-order chi connectivity index (χ0) is 15.4. The number of nitrogens with zero attached hydrogens (tertiary/aromatic N) is 3. The molecule has 0 saturated heterocycles. The van der Waals surface area contributed by atoms with Crippen LogP contribution in [0.15, 0.2) is 30.7 Å². The van der Waals surface area contributed by atoms with Crippen molar-refractivity contribution in [3.8, 4) is 11.3 Å². The highest BCUT2D eigenvalue weighted by Gasteiger charge is 2.24. The van der Waals surface area contributed by atoms with Crippen molar-refractivity contribution in [2.45, 2.75) is 44.0 Å². The van der Waals surface area contributed by atoms with E-state index in [1.807, 2.05) is 36.3 Å². The van der Waals surface area contributed by atoms with E-state index >= 15 is 0 Å². The van der Waals surface area contributed by atoms with E-state index in [2.05, 4.69) is 40.3 Å². The molecule has 0 bridgehead atoms. The Bertz CT molecular complexity index is 596. The van der Waals surface area contributed by atoms with E-state index in [1.165, 1.54) is 30.6 Å². The summed E-state index contributed by atoms with van der Waals surface area (Å²) in [6, 6.07) is 4.69. The van der Waals surface area contributed by atoms with Crippen LogP contribution in [0.2, 0.25) is 0 Å². The number of aryl methyl sites for hydroxylation is 1. The monoisotopic (exact) mass is 316 g/mol. The molecule has 1 fully saturated rings. The highest BCUT2D eigenvalue weighted by Crippen LogP contribution is 2.30. The number of nitrogens with one attached hydrogen (secondary N) is 1. The molecule has 2 heterocycles. The van der Waals surface area contributed by atoms with Gasteiger partial charge >= 0.3 is 0 Å². The summed E-state index contributed by atoms with van der Waals surface area (Å²) in [5, 5.41) is 9.19. The Kier molecular flexibility index (Phi) is 5.16. The second kappa shape index (κ2) is 7.29. The third-order valence-electron chi connectivity index (χ3n) is 4.23. The number of pyridine rings is 1. The van der Waals surface area contributed by atoms with Crippen molar-refractivity contribution in [2.75, 3.05) is 5.75 Å². The predicted octanol–water partition coefficient (Wildman–Crippen LogP) is 3.25. The molecule has 0 amide bonds. The molecule has 5 heteroatoms. The lowest BCUT2D eigenvalue weighted by Gasteiger charge is -2.13. The zero-order valence-electron chi connectivity index (χ0n) is 13.3. The molecule has 1 N–H and O–H groups in total. The first-order valence-corrected chi connectivity index (χ1v) is 9.09. The van der Waals surface area contributed by atoms with Gasteiger partial charge in [0.05, 0.1) is 5.69 Å². The number of thioether (sulfide) groups is 1. The van der Waals surface area contributed by atoms with E-state index in [0.717, 1.165) is 23.1 Å². The Morgan fingerprint density at radius 1 is 1.32 bits per heavy atom. The maximum Gasteiger partial charge on any atom is 0.0969 e. The fraction of sp³-hybridized carbons (Fsp3) is 0.529. The smallest absolute Gasteiger partial charge is 0.0969 e. The van der Waals surface area contributed by atoms with Crippen molar-refractivity contribution in [3.05, 3.63) is 36.3 Å². The van der Waals surface area contributed by atoms with Gasteiger partial charge in [0.2, 0.25) is 0 Å². The molecule has 3 rings (SSSR count). The van der Waals surface area contributed by atoms with E-state index in [4.69, 9.17) is 0 Å². The van der Waals surface area contributed by atoms with Gasteiger partial charge in [0.15, 0.2) is 0 Å². The fourth-order valence-corrected chi connectivity index (χ4v) is 4.33. The van der Waals surface area contributed by atoms with Gasteiger partial charge in [-0.25, -0.2) is 0 Å². The quantitative estimate of drug-likeness (QED) is 0.888. The normalized spacial score (nSPS) is 21.4. The second-order valence-corrected chi connectivity index (χ2v) is 7.46. The fourth-order valence-electron chi connectivity index (χ4n) is 3.19. The molecule has 4 nitrogen and oxygen atoms in total. The molecular weight excluding hydrogens is 292 g/mol. The second-order valence-electron chi connectivity index (χ2n) is 5.88. The topological polar surface area (TPSA) is 42.7 Å². The minimum atomic E-state index is 0.648. The van der Waals surface area contributed by atoms with Gasteiger partial charge in [-0.3, -0.25) is 9.67 Å². The largest absolute Gasteiger partial charge is 0.310 e. The SMILES string of the molecule is CCS[C@H]1CC[C@@H](NCc2cn(C)nc2-c2ccncc2)C1. The van der Waals surface area contributed by atoms with Crippen LogP contribution in [-0.2, 0) is 13.6 Å². The van der Waals surface area contributed by atoms with Gasteiger partial charge in [-0.15, -0.1) is 0 Å². The minimum absolute atomic E-state index is 0.648. The number of hydrogen-bond donors (Lipinski definition) is 1. The molecule has 2 aromatic heterocycles. The summed E-state index contributed by atoms with van der Waals surface area (Å²) in [6.45, 7) is 3.14. The first-order chi connectivity index (χ1) is 10.8. The maximum absolute atomic E-state index is 4.62. The molecular formula is C17H24N4S. The lowest BCUT2D eigenvalue weighted by molar-refractivity contribution is 0.525. The van der Waals surface area contributed by atoms with Crippen LogP contribution in [0.5, 0.6) is 0 Å². The van der Waals surface area contributed by atoms with Gasteiger partial charge in [0.25, 0.3) is 0 Å². The molecule has 1 aliphatic carbocycles. The van der Waals surface area contributed by atoms with Crippen molar-refractivity contribution < 1.29 is 0 Å². The van der Waals surface area contributed by atoms with Crippen molar-refractivity contribution in [1.82, 2.24) is 20.1 Å². The molecule has 2 aromatic rings. The predicted molar refractivity (Wildman–Crippen MR) is 92.8 cm³/mol. The molecule has 22 heavy (non-hydrogen) atoms. The van der Waals surface area contributed by atoms with Gasteiger partial charge in [-0.1, -0.05) is 6.92 Å². The summed E-state index contributed by atoms with van der Waals surface area (Å²) in [4.78, 5) is 4.09. The van der Waals surface area contributed by atoms with Crippen LogP contribution in [0.25, 0.3) is 11.3 Å². The molecule has 118 valence electrons. The van der Waals surface area contributed by atoms with Crippen molar-refractivity contribution in [3.63, 3.8) is 0 Å². The van der Waals surface area contributed by atoms with E-state index in [0.29, 0.717) is 6.04 Å². The Morgan fingerprint density at radius 3 is 2.91 bits per heavy atom. The van der Waals surface area contributed by atoms with Gasteiger partial charge in [-0.2, -0.15) is 16.9 Å². The van der Waals surface area contributed by atoms with Crippen LogP contribution in [0.3, 0.4) is 0 Å². The van der Waals surface area contributed by atoms with Gasteiger partial charge in [0.1, 0.15) is 0 Å². The molecule has 0 radical (unpaired) electrons. The standard InChI is InChI=1S/C17H24N4S/c1-3-22-16-5-4-15(10-16)19-11-14-12-21(2)20-17(14)13-6-8-18-9-7-13/h6-9,12,15-16,19H,3-5,10-11H2,1-2H3/t15-,16+/m1/s1. The summed E-state index contributed by atoms with van der Waals surface area (Å²) in [7, 11) is 1.98. The molecule has 2 atom stereocenters. The molecule has 1 saturated carbocycles. The van der Waals surface area contributed by atoms with E-state index in [1.54, 1.807) is 0 Å². The van der Waals surface area contributed by atoms with Crippen LogP contribution >= 0.6 is 11.8 Å². The first-order valence-electron chi connectivity index (χ1n) is 8.04. The van der Waals surface area contributed by atoms with Crippen LogP contribution < -0.4 is 5.32 Å². The number of hydrogen-bond acceptors (Lipinski definition) is 4. The highest BCUT2D eigenvalue weighted by atomic mass is 32.2. The average Bonchev–Trinajstić information content (AvgIpc) is 3.13. The summed E-state index contributed by atoms with van der Waals surface area (Å²) in [5.41, 5.74) is 3.47. The van der Waals surface area contributed by atoms with Crippen molar-refractivity contribution >= 4 is 11.8 Å². The zero-order valence-corrected chi connectivity index (χ0v) is 14.1. The Balaban J connectivity index is 1.64. The van der Waals surface area contributed by atoms with E-state index in [9.17, 15) is 0 Å². The van der Waals surface area contributed by atoms with E-state index < -0.39 is 0 Å². The van der Waals surface area contributed by atoms with Gasteiger partial charge in [0, 0.05) is 54.6 Å². The van der Waals surface area contributed by atoms with Crippen molar-refractivity contribution in [2.24, 2.45) is 7.05 Å². The lowest BCUT2D eigenvalue weighted by atomic mass is 10.1. The summed E-state index contributed by atoms with van der Waals surface area (Å²) >= 11 is 2.11.